The molecule has 11 heteroatoms. The molecule has 5 aliphatic rings. The second kappa shape index (κ2) is 11.1. The van der Waals surface area contributed by atoms with Crippen molar-refractivity contribution in [3.63, 3.8) is 0 Å². The highest BCUT2D eigenvalue weighted by Gasteiger charge is 2.60. The van der Waals surface area contributed by atoms with Crippen LogP contribution in [0.4, 0.5) is 0 Å². The third kappa shape index (κ3) is 4.57. The van der Waals surface area contributed by atoms with Crippen LogP contribution in [0.1, 0.15) is 86.6 Å². The first-order valence-corrected chi connectivity index (χ1v) is 15.9. The number of hydrogen-bond acceptors (Lipinski definition) is 10. The molecule has 2 N–H and O–H groups in total. The number of aryl methyl sites for hydroxylation is 1. The second-order valence-electron chi connectivity index (χ2n) is 12.8. The molecule has 0 aromatic carbocycles. The van der Waals surface area contributed by atoms with E-state index in [0.717, 1.165) is 70.0 Å². The summed E-state index contributed by atoms with van der Waals surface area (Å²) in [5, 5.41) is 5.51. The number of fused-ring (bicyclic) bond motifs is 2. The molecule has 4 fully saturated rings. The standard InChI is InChI=1S/C32H42N6O5/c1-4-24(23-10-8-15-37(23)3)43-30-25-20(2)36-38(21-11-16-40-19-21)29(25)34-28(35-30)26(39)22-9-7-13-31(27(22)33)12-5-6-14-32(31)41-17-18-42-32/h1,21,23-24H,5-19,33H2,2-3H3/t21?,23-,24-,31-/m0/s1. The normalized spacial score (nSPS) is 30.0. The van der Waals surface area contributed by atoms with Crippen LogP contribution in [-0.2, 0) is 14.2 Å². The largest absolute Gasteiger partial charge is 0.459 e. The number of Topliss-reactive ketones (excluding diaryl/α,β-unsaturated/α-hetero) is 1. The molecule has 2 spiro atoms. The summed E-state index contributed by atoms with van der Waals surface area (Å²) in [6.07, 6.45) is 14.1. The van der Waals surface area contributed by atoms with Crippen LogP contribution in [0, 0.1) is 24.7 Å². The highest BCUT2D eigenvalue weighted by atomic mass is 16.7. The van der Waals surface area contributed by atoms with E-state index >= 15 is 0 Å². The summed E-state index contributed by atoms with van der Waals surface area (Å²) in [5.74, 6) is 2.12. The van der Waals surface area contributed by atoms with Crippen LogP contribution in [0.2, 0.25) is 0 Å². The van der Waals surface area contributed by atoms with Gasteiger partial charge in [0.25, 0.3) is 0 Å². The Morgan fingerprint density at radius 2 is 1.91 bits per heavy atom. The number of rotatable bonds is 6. The van der Waals surface area contributed by atoms with E-state index in [-0.39, 0.29) is 23.7 Å². The van der Waals surface area contributed by atoms with Gasteiger partial charge in [0.1, 0.15) is 5.39 Å². The van der Waals surface area contributed by atoms with Gasteiger partial charge in [0, 0.05) is 24.3 Å². The number of likely N-dealkylation sites (N-methyl/N-ethyl adjacent to an activating group) is 1. The number of allylic oxidation sites excluding steroid dienone is 1. The van der Waals surface area contributed by atoms with Gasteiger partial charge in [0.15, 0.2) is 17.5 Å². The predicted molar refractivity (Wildman–Crippen MR) is 158 cm³/mol. The fraction of sp³-hybridized carbons (Fsp3) is 0.688. The summed E-state index contributed by atoms with van der Waals surface area (Å²) in [4.78, 5) is 26.3. The molecule has 3 aliphatic heterocycles. The van der Waals surface area contributed by atoms with E-state index in [2.05, 4.69) is 17.9 Å². The molecule has 5 heterocycles. The topological polar surface area (TPSA) is 127 Å². The van der Waals surface area contributed by atoms with Crippen molar-refractivity contribution in [2.75, 3.05) is 40.0 Å². The first-order chi connectivity index (χ1) is 20.9. The molecule has 11 nitrogen and oxygen atoms in total. The van der Waals surface area contributed by atoms with E-state index in [0.29, 0.717) is 61.0 Å². The number of likely N-dealkylation sites (tertiary alicyclic amines) is 1. The van der Waals surface area contributed by atoms with Crippen LogP contribution in [-0.4, -0.2) is 88.4 Å². The number of nitrogens with two attached hydrogens (primary N) is 1. The molecule has 2 aromatic rings. The van der Waals surface area contributed by atoms with Crippen molar-refractivity contribution in [1.82, 2.24) is 24.6 Å². The Hall–Kier alpha value is -3.04. The minimum absolute atomic E-state index is 0.00675. The molecule has 0 amide bonds. The van der Waals surface area contributed by atoms with Crippen LogP contribution in [0.5, 0.6) is 5.88 Å². The summed E-state index contributed by atoms with van der Waals surface area (Å²) in [5.41, 5.74) is 8.88. The van der Waals surface area contributed by atoms with Gasteiger partial charge in [-0.3, -0.25) is 9.69 Å². The van der Waals surface area contributed by atoms with Crippen molar-refractivity contribution in [2.45, 2.75) is 95.1 Å². The predicted octanol–water partition coefficient (Wildman–Crippen LogP) is 3.45. The van der Waals surface area contributed by atoms with Crippen molar-refractivity contribution >= 4 is 16.8 Å². The number of nitrogens with zero attached hydrogens (tertiary/aromatic N) is 5. The van der Waals surface area contributed by atoms with Crippen LogP contribution in [0.25, 0.3) is 11.0 Å². The number of carbonyl (C=O) groups excluding carboxylic acids is 1. The smallest absolute Gasteiger partial charge is 0.230 e. The molecule has 43 heavy (non-hydrogen) atoms. The molecule has 2 aromatic heterocycles. The number of carbonyl (C=O) groups is 1. The second-order valence-corrected chi connectivity index (χ2v) is 12.8. The summed E-state index contributed by atoms with van der Waals surface area (Å²) >= 11 is 0. The van der Waals surface area contributed by atoms with Gasteiger partial charge in [-0.05, 0) is 71.9 Å². The van der Waals surface area contributed by atoms with Gasteiger partial charge in [-0.2, -0.15) is 10.1 Å². The molecule has 1 unspecified atom stereocenters. The molecule has 230 valence electrons. The van der Waals surface area contributed by atoms with Crippen molar-refractivity contribution in [3.05, 3.63) is 22.8 Å². The Bertz CT molecular complexity index is 1480. The van der Waals surface area contributed by atoms with E-state index < -0.39 is 17.3 Å². The average Bonchev–Trinajstić information content (AvgIpc) is 3.83. The summed E-state index contributed by atoms with van der Waals surface area (Å²) < 4.78 is 26.7. The zero-order valence-corrected chi connectivity index (χ0v) is 25.3. The molecular weight excluding hydrogens is 548 g/mol. The fourth-order valence-corrected chi connectivity index (χ4v) is 8.23. The monoisotopic (exact) mass is 590 g/mol. The molecule has 3 saturated heterocycles. The SMILES string of the molecule is C#C[C@H](Oc1nc(C(=O)C2=C(N)[C@]3(CCCCC34OCCO4)CCC2)nc2c1c(C)nn2C1CCOC1)[C@@H]1CCCN1C. The molecule has 2 aliphatic carbocycles. The summed E-state index contributed by atoms with van der Waals surface area (Å²) in [6.45, 7) is 5.13. The fourth-order valence-electron chi connectivity index (χ4n) is 8.23. The van der Waals surface area contributed by atoms with Gasteiger partial charge >= 0.3 is 0 Å². The molecule has 0 bridgehead atoms. The third-order valence-corrected chi connectivity index (χ3v) is 10.5. The Balaban J connectivity index is 1.33. The lowest BCUT2D eigenvalue weighted by Crippen LogP contribution is -2.56. The maximum Gasteiger partial charge on any atom is 0.230 e. The molecule has 0 radical (unpaired) electrons. The number of ketones is 1. The van der Waals surface area contributed by atoms with Gasteiger partial charge in [-0.1, -0.05) is 12.3 Å². The number of terminal acetylenes is 1. The molecule has 7 rings (SSSR count). The minimum Gasteiger partial charge on any atom is -0.459 e. The first kappa shape index (κ1) is 28.7. The van der Waals surface area contributed by atoms with Crippen LogP contribution >= 0.6 is 0 Å². The van der Waals surface area contributed by atoms with Crippen molar-refractivity contribution in [1.29, 1.82) is 0 Å². The lowest BCUT2D eigenvalue weighted by atomic mass is 9.61. The van der Waals surface area contributed by atoms with Gasteiger partial charge in [0.05, 0.1) is 43.0 Å². The van der Waals surface area contributed by atoms with Crippen molar-refractivity contribution < 1.29 is 23.7 Å². The first-order valence-electron chi connectivity index (χ1n) is 15.9. The van der Waals surface area contributed by atoms with E-state index in [9.17, 15) is 4.79 Å². The lowest BCUT2D eigenvalue weighted by Gasteiger charge is -2.52. The minimum atomic E-state index is -0.772. The maximum atomic E-state index is 14.4. The average molecular weight is 591 g/mol. The Morgan fingerprint density at radius 3 is 2.63 bits per heavy atom. The number of ether oxygens (including phenoxy) is 4. The van der Waals surface area contributed by atoms with Gasteiger partial charge in [-0.15, -0.1) is 6.42 Å². The zero-order chi connectivity index (χ0) is 29.8. The number of hydrogen-bond donors (Lipinski definition) is 1. The summed E-state index contributed by atoms with van der Waals surface area (Å²) in [7, 11) is 2.06. The maximum absolute atomic E-state index is 14.4. The van der Waals surface area contributed by atoms with Gasteiger partial charge in [-0.25, -0.2) is 9.67 Å². The van der Waals surface area contributed by atoms with Crippen molar-refractivity contribution in [2.24, 2.45) is 11.1 Å². The zero-order valence-electron chi connectivity index (χ0n) is 25.3. The quantitative estimate of drug-likeness (QED) is 0.395. The highest BCUT2D eigenvalue weighted by Crippen LogP contribution is 2.57. The van der Waals surface area contributed by atoms with Gasteiger partial charge < -0.3 is 24.7 Å². The highest BCUT2D eigenvalue weighted by molar-refractivity contribution is 6.08. The summed E-state index contributed by atoms with van der Waals surface area (Å²) in [6, 6.07) is 0.0607. The van der Waals surface area contributed by atoms with Crippen molar-refractivity contribution in [3.8, 4) is 18.2 Å². The van der Waals surface area contributed by atoms with E-state index in [1.54, 1.807) is 0 Å². The Morgan fingerprint density at radius 1 is 1.12 bits per heavy atom. The van der Waals surface area contributed by atoms with Crippen LogP contribution < -0.4 is 10.5 Å². The van der Waals surface area contributed by atoms with E-state index in [1.165, 1.54) is 0 Å². The van der Waals surface area contributed by atoms with E-state index in [1.807, 2.05) is 11.6 Å². The Kier molecular flexibility index (Phi) is 7.45. The lowest BCUT2D eigenvalue weighted by molar-refractivity contribution is -0.248. The number of aromatic nitrogens is 4. The molecule has 4 atom stereocenters. The van der Waals surface area contributed by atoms with Crippen LogP contribution in [0.15, 0.2) is 11.3 Å². The Labute approximate surface area is 252 Å². The molecular formula is C32H42N6O5. The van der Waals surface area contributed by atoms with Crippen LogP contribution in [0.3, 0.4) is 0 Å². The van der Waals surface area contributed by atoms with E-state index in [4.69, 9.17) is 46.2 Å². The molecule has 1 saturated carbocycles. The van der Waals surface area contributed by atoms with Gasteiger partial charge in [0.2, 0.25) is 17.5 Å². The third-order valence-electron chi connectivity index (χ3n) is 10.5.